The van der Waals surface area contributed by atoms with Gasteiger partial charge in [-0.2, -0.15) is 0 Å². The number of nitrogens with zero attached hydrogens (tertiary/aromatic N) is 2. The van der Waals surface area contributed by atoms with E-state index in [1.54, 1.807) is 7.11 Å². The first-order valence-electron chi connectivity index (χ1n) is 7.65. The lowest BCUT2D eigenvalue weighted by molar-refractivity contribution is -0.154. The number of methoxy groups -OCH3 is 1. The number of carbonyl (C=O) groups excluding carboxylic acids is 1. The Kier molecular flexibility index (Phi) is 6.20. The van der Waals surface area contributed by atoms with Crippen molar-refractivity contribution < 1.29 is 14.3 Å². The van der Waals surface area contributed by atoms with Gasteiger partial charge in [0.05, 0.1) is 6.10 Å². The van der Waals surface area contributed by atoms with Crippen LogP contribution in [0.1, 0.15) is 42.6 Å². The first-order chi connectivity index (χ1) is 10.5. The second kappa shape index (κ2) is 7.92. The molecule has 0 aliphatic heterocycles. The number of rotatable bonds is 6. The summed E-state index contributed by atoms with van der Waals surface area (Å²) in [5.74, 6) is -0.165. The minimum atomic E-state index is -0.165. The van der Waals surface area contributed by atoms with Crippen LogP contribution in [0.15, 0.2) is 5.16 Å². The van der Waals surface area contributed by atoms with Crippen molar-refractivity contribution in [3.05, 3.63) is 17.0 Å². The van der Waals surface area contributed by atoms with Gasteiger partial charge in [0.15, 0.2) is 5.16 Å². The first kappa shape index (κ1) is 17.2. The Balaban J connectivity index is 1.91. The smallest absolute Gasteiger partial charge is 0.306 e. The lowest BCUT2D eigenvalue weighted by Crippen LogP contribution is -2.27. The van der Waals surface area contributed by atoms with Gasteiger partial charge in [-0.05, 0) is 51.3 Å². The average Bonchev–Trinajstić information content (AvgIpc) is 2.93. The van der Waals surface area contributed by atoms with Crippen LogP contribution in [0, 0.1) is 13.8 Å². The molecule has 1 heterocycles. The fourth-order valence-electron chi connectivity index (χ4n) is 2.91. The number of hydrogen-bond acceptors (Lipinski definition) is 6. The van der Waals surface area contributed by atoms with Gasteiger partial charge in [0.1, 0.15) is 6.10 Å². The molecular formula is C16H24N2O3S. The van der Waals surface area contributed by atoms with Gasteiger partial charge in [0.2, 0.25) is 0 Å². The van der Waals surface area contributed by atoms with E-state index >= 15 is 0 Å². The molecule has 0 aromatic carbocycles. The van der Waals surface area contributed by atoms with Crippen molar-refractivity contribution >= 4 is 17.7 Å². The van der Waals surface area contributed by atoms with Crippen LogP contribution in [-0.2, 0) is 20.7 Å². The Bertz CT molecular complexity index is 513. The summed E-state index contributed by atoms with van der Waals surface area (Å²) in [5.41, 5.74) is 2.94. The standard InChI is InChI=1S/C16H24N2O3S/c1-10-12(11(2)18-16(17-10)22-4)8-9-15(19)21-14-7-5-6-13(14)20-3/h13-14H,5-9H2,1-4H3/t13-,14+/m0/s1. The normalized spacial score (nSPS) is 21.1. The lowest BCUT2D eigenvalue weighted by atomic mass is 10.1. The van der Waals surface area contributed by atoms with Crippen LogP contribution in [0.2, 0.25) is 0 Å². The van der Waals surface area contributed by atoms with Crippen molar-refractivity contribution in [3.8, 4) is 0 Å². The molecule has 5 nitrogen and oxygen atoms in total. The highest BCUT2D eigenvalue weighted by Crippen LogP contribution is 2.25. The number of ether oxygens (including phenoxy) is 2. The molecule has 6 heteroatoms. The molecule has 2 rings (SSSR count). The maximum absolute atomic E-state index is 12.1. The Morgan fingerprint density at radius 2 is 1.86 bits per heavy atom. The summed E-state index contributed by atoms with van der Waals surface area (Å²) in [6, 6.07) is 0. The molecule has 0 bridgehead atoms. The fourth-order valence-corrected chi connectivity index (χ4v) is 3.37. The van der Waals surface area contributed by atoms with Crippen LogP contribution >= 0.6 is 11.8 Å². The molecular weight excluding hydrogens is 300 g/mol. The number of esters is 1. The highest BCUT2D eigenvalue weighted by molar-refractivity contribution is 7.98. The van der Waals surface area contributed by atoms with Crippen LogP contribution < -0.4 is 0 Å². The molecule has 1 aromatic heterocycles. The molecule has 0 unspecified atom stereocenters. The summed E-state index contributed by atoms with van der Waals surface area (Å²) >= 11 is 1.53. The second-order valence-corrected chi connectivity index (χ2v) is 6.37. The van der Waals surface area contributed by atoms with Crippen LogP contribution in [0.25, 0.3) is 0 Å². The molecule has 0 saturated heterocycles. The summed E-state index contributed by atoms with van der Waals surface area (Å²) < 4.78 is 10.9. The van der Waals surface area contributed by atoms with Crippen molar-refractivity contribution in [2.75, 3.05) is 13.4 Å². The van der Waals surface area contributed by atoms with E-state index in [1.807, 2.05) is 20.1 Å². The number of carbonyl (C=O) groups is 1. The Morgan fingerprint density at radius 1 is 1.23 bits per heavy atom. The van der Waals surface area contributed by atoms with Gasteiger partial charge in [0.25, 0.3) is 0 Å². The Labute approximate surface area is 136 Å². The Morgan fingerprint density at radius 3 is 2.45 bits per heavy atom. The predicted molar refractivity (Wildman–Crippen MR) is 86.1 cm³/mol. The minimum Gasteiger partial charge on any atom is -0.460 e. The quantitative estimate of drug-likeness (QED) is 0.455. The summed E-state index contributed by atoms with van der Waals surface area (Å²) in [5, 5.41) is 0.773. The van der Waals surface area contributed by atoms with E-state index in [0.717, 1.165) is 41.4 Å². The van der Waals surface area contributed by atoms with E-state index in [2.05, 4.69) is 9.97 Å². The van der Waals surface area contributed by atoms with Crippen LogP contribution in [0.5, 0.6) is 0 Å². The molecule has 0 spiro atoms. The van der Waals surface area contributed by atoms with Crippen molar-refractivity contribution in [2.24, 2.45) is 0 Å². The molecule has 1 aromatic rings. The van der Waals surface area contributed by atoms with Gasteiger partial charge >= 0.3 is 5.97 Å². The number of aromatic nitrogens is 2. The van der Waals surface area contributed by atoms with Gasteiger partial charge in [0, 0.05) is 24.9 Å². The van der Waals surface area contributed by atoms with Gasteiger partial charge in [-0.15, -0.1) is 0 Å². The monoisotopic (exact) mass is 324 g/mol. The van der Waals surface area contributed by atoms with E-state index in [4.69, 9.17) is 9.47 Å². The molecule has 1 saturated carbocycles. The lowest BCUT2D eigenvalue weighted by Gasteiger charge is -2.19. The molecule has 1 aliphatic rings. The molecule has 1 aliphatic carbocycles. The number of thioether (sulfide) groups is 1. The van der Waals surface area contributed by atoms with Crippen LogP contribution in [0.3, 0.4) is 0 Å². The zero-order valence-electron chi connectivity index (χ0n) is 13.7. The van der Waals surface area contributed by atoms with Gasteiger partial charge in [-0.3, -0.25) is 4.79 Å². The van der Waals surface area contributed by atoms with Crippen molar-refractivity contribution in [2.45, 2.75) is 63.3 Å². The highest BCUT2D eigenvalue weighted by Gasteiger charge is 2.30. The molecule has 0 radical (unpaired) electrons. The van der Waals surface area contributed by atoms with Crippen LogP contribution in [-0.4, -0.2) is 41.5 Å². The molecule has 1 fully saturated rings. The summed E-state index contributed by atoms with van der Waals surface area (Å²) in [7, 11) is 1.67. The molecule has 22 heavy (non-hydrogen) atoms. The predicted octanol–water partition coefficient (Wildman–Crippen LogP) is 2.86. The van der Waals surface area contributed by atoms with E-state index in [-0.39, 0.29) is 18.2 Å². The SMILES string of the molecule is CO[C@H]1CCC[C@H]1OC(=O)CCc1c(C)nc(SC)nc1C. The van der Waals surface area contributed by atoms with E-state index in [0.29, 0.717) is 12.8 Å². The average molecular weight is 324 g/mol. The maximum atomic E-state index is 12.1. The molecule has 0 amide bonds. The third kappa shape index (κ3) is 4.20. The Hall–Kier alpha value is -1.14. The first-order valence-corrected chi connectivity index (χ1v) is 8.88. The van der Waals surface area contributed by atoms with Gasteiger partial charge in [-0.1, -0.05) is 11.8 Å². The maximum Gasteiger partial charge on any atom is 0.306 e. The zero-order valence-corrected chi connectivity index (χ0v) is 14.5. The number of aryl methyl sites for hydroxylation is 2. The van der Waals surface area contributed by atoms with Gasteiger partial charge < -0.3 is 9.47 Å². The molecule has 122 valence electrons. The summed E-state index contributed by atoms with van der Waals surface area (Å²) in [6.07, 6.45) is 5.82. The minimum absolute atomic E-state index is 0.0524. The van der Waals surface area contributed by atoms with E-state index in [9.17, 15) is 4.79 Å². The van der Waals surface area contributed by atoms with Gasteiger partial charge in [-0.25, -0.2) is 9.97 Å². The fraction of sp³-hybridized carbons (Fsp3) is 0.688. The third-order valence-electron chi connectivity index (χ3n) is 4.14. The second-order valence-electron chi connectivity index (χ2n) is 5.59. The van der Waals surface area contributed by atoms with E-state index < -0.39 is 0 Å². The topological polar surface area (TPSA) is 61.3 Å². The summed E-state index contributed by atoms with van der Waals surface area (Å²) in [4.78, 5) is 20.9. The van der Waals surface area contributed by atoms with Crippen LogP contribution in [0.4, 0.5) is 0 Å². The van der Waals surface area contributed by atoms with E-state index in [1.165, 1.54) is 11.8 Å². The van der Waals surface area contributed by atoms with Crippen molar-refractivity contribution in [1.29, 1.82) is 0 Å². The molecule has 0 N–H and O–H groups in total. The van der Waals surface area contributed by atoms with Crippen molar-refractivity contribution in [1.82, 2.24) is 9.97 Å². The highest BCUT2D eigenvalue weighted by atomic mass is 32.2. The third-order valence-corrected chi connectivity index (χ3v) is 4.69. The zero-order chi connectivity index (χ0) is 16.1. The largest absolute Gasteiger partial charge is 0.460 e. The molecule has 2 atom stereocenters. The summed E-state index contributed by atoms with van der Waals surface area (Å²) in [6.45, 7) is 3.93. The number of hydrogen-bond donors (Lipinski definition) is 0. The van der Waals surface area contributed by atoms with Crippen molar-refractivity contribution in [3.63, 3.8) is 0 Å².